The molecule has 0 radical (unpaired) electrons. The lowest BCUT2D eigenvalue weighted by molar-refractivity contribution is 0.170. The lowest BCUT2D eigenvalue weighted by Gasteiger charge is -2.32. The normalized spacial score (nSPS) is 20.4. The van der Waals surface area contributed by atoms with E-state index in [9.17, 15) is 0 Å². The Morgan fingerprint density at radius 2 is 2.30 bits per heavy atom. The molecular weight excluding hydrogens is 250 g/mol. The maximum atomic E-state index is 5.06. The van der Waals surface area contributed by atoms with Crippen molar-refractivity contribution in [3.05, 3.63) is 24.0 Å². The average Bonchev–Trinajstić information content (AvgIpc) is 2.90. The highest BCUT2D eigenvalue weighted by Crippen LogP contribution is 2.18. The summed E-state index contributed by atoms with van der Waals surface area (Å²) in [6.07, 6.45) is 7.59. The molecule has 1 aliphatic heterocycles. The van der Waals surface area contributed by atoms with Gasteiger partial charge in [0.2, 0.25) is 0 Å². The van der Waals surface area contributed by atoms with Crippen molar-refractivity contribution in [2.24, 2.45) is 0 Å². The molecule has 0 bridgehead atoms. The first-order chi connectivity index (χ1) is 9.81. The fourth-order valence-corrected chi connectivity index (χ4v) is 3.02. The average molecular weight is 279 g/mol. The monoisotopic (exact) mass is 279 g/mol. The molecule has 2 heterocycles. The van der Waals surface area contributed by atoms with Gasteiger partial charge in [-0.3, -0.25) is 0 Å². The fourth-order valence-electron chi connectivity index (χ4n) is 3.02. The van der Waals surface area contributed by atoms with Gasteiger partial charge in [-0.25, -0.2) is 0 Å². The van der Waals surface area contributed by atoms with Crippen LogP contribution in [0.4, 0.5) is 0 Å². The minimum absolute atomic E-state index is 0.764. The van der Waals surface area contributed by atoms with Crippen molar-refractivity contribution >= 4 is 0 Å². The first kappa shape index (κ1) is 15.5. The predicted octanol–water partition coefficient (Wildman–Crippen LogP) is 2.10. The highest BCUT2D eigenvalue weighted by atomic mass is 16.5. The van der Waals surface area contributed by atoms with E-state index in [2.05, 4.69) is 40.2 Å². The maximum Gasteiger partial charge on any atom is 0.0587 e. The number of rotatable bonds is 8. The van der Waals surface area contributed by atoms with Crippen molar-refractivity contribution in [2.45, 2.75) is 44.8 Å². The number of hydrogen-bond donors (Lipinski definition) is 1. The summed E-state index contributed by atoms with van der Waals surface area (Å²) in [6, 6.07) is 5.13. The molecule has 0 aliphatic carbocycles. The molecule has 114 valence electrons. The zero-order valence-electron chi connectivity index (χ0n) is 13.0. The van der Waals surface area contributed by atoms with Crippen LogP contribution in [0.5, 0.6) is 0 Å². The molecule has 1 aliphatic rings. The van der Waals surface area contributed by atoms with Crippen molar-refractivity contribution in [3.8, 4) is 0 Å². The van der Waals surface area contributed by atoms with Crippen LogP contribution in [0.15, 0.2) is 18.3 Å². The van der Waals surface area contributed by atoms with Gasteiger partial charge in [0.1, 0.15) is 0 Å². The van der Waals surface area contributed by atoms with Crippen LogP contribution in [0.2, 0.25) is 0 Å². The van der Waals surface area contributed by atoms with Gasteiger partial charge in [-0.2, -0.15) is 0 Å². The van der Waals surface area contributed by atoms with E-state index in [-0.39, 0.29) is 0 Å². The Labute approximate surface area is 123 Å². The third-order valence-corrected chi connectivity index (χ3v) is 4.34. The van der Waals surface area contributed by atoms with Crippen LogP contribution in [-0.2, 0) is 17.8 Å². The van der Waals surface area contributed by atoms with E-state index < -0.39 is 0 Å². The lowest BCUT2D eigenvalue weighted by atomic mass is 10.0. The second-order valence-corrected chi connectivity index (χ2v) is 5.78. The number of aromatic nitrogens is 1. The molecule has 4 heteroatoms. The zero-order valence-corrected chi connectivity index (χ0v) is 13.0. The van der Waals surface area contributed by atoms with E-state index in [0.29, 0.717) is 0 Å². The second kappa shape index (κ2) is 8.45. The Kier molecular flexibility index (Phi) is 6.57. The van der Waals surface area contributed by atoms with E-state index in [1.807, 2.05) is 0 Å². The third-order valence-electron chi connectivity index (χ3n) is 4.34. The largest absolute Gasteiger partial charge is 0.383 e. The summed E-state index contributed by atoms with van der Waals surface area (Å²) in [4.78, 5) is 2.53. The van der Waals surface area contributed by atoms with E-state index in [1.54, 1.807) is 7.11 Å². The molecule has 0 saturated carbocycles. The fraction of sp³-hybridized carbons (Fsp3) is 0.750. The van der Waals surface area contributed by atoms with Crippen LogP contribution in [-0.4, -0.2) is 49.4 Å². The van der Waals surface area contributed by atoms with Crippen LogP contribution in [0.1, 0.15) is 31.4 Å². The molecule has 1 saturated heterocycles. The Balaban J connectivity index is 1.76. The van der Waals surface area contributed by atoms with Crippen molar-refractivity contribution in [1.82, 2.24) is 14.8 Å². The minimum atomic E-state index is 0.764. The molecule has 0 amide bonds. The van der Waals surface area contributed by atoms with Crippen LogP contribution < -0.4 is 5.32 Å². The Morgan fingerprint density at radius 1 is 1.40 bits per heavy atom. The van der Waals surface area contributed by atoms with Gasteiger partial charge in [-0.1, -0.05) is 6.42 Å². The van der Waals surface area contributed by atoms with Gasteiger partial charge in [0.25, 0.3) is 0 Å². The number of nitrogens with zero attached hydrogens (tertiary/aromatic N) is 2. The highest BCUT2D eigenvalue weighted by Gasteiger charge is 2.18. The number of likely N-dealkylation sites (tertiary alicyclic amines) is 1. The number of aryl methyl sites for hydroxylation is 1. The number of ether oxygens (including phenoxy) is 1. The zero-order chi connectivity index (χ0) is 14.2. The van der Waals surface area contributed by atoms with Gasteiger partial charge in [0.05, 0.1) is 6.61 Å². The molecule has 0 aromatic carbocycles. The van der Waals surface area contributed by atoms with E-state index in [4.69, 9.17) is 4.74 Å². The molecule has 1 fully saturated rings. The number of methoxy groups -OCH3 is 1. The molecule has 1 aromatic rings. The number of hydrogen-bond acceptors (Lipinski definition) is 3. The van der Waals surface area contributed by atoms with Gasteiger partial charge >= 0.3 is 0 Å². The maximum absolute atomic E-state index is 5.06. The Hall–Kier alpha value is -0.840. The van der Waals surface area contributed by atoms with Gasteiger partial charge in [0, 0.05) is 44.7 Å². The number of piperidine rings is 1. The Bertz CT molecular complexity index is 378. The van der Waals surface area contributed by atoms with E-state index in [1.165, 1.54) is 37.9 Å². The van der Waals surface area contributed by atoms with Crippen molar-refractivity contribution in [3.63, 3.8) is 0 Å². The number of nitrogens with one attached hydrogen (secondary N) is 1. The van der Waals surface area contributed by atoms with Gasteiger partial charge in [-0.05, 0) is 45.0 Å². The SMILES string of the molecule is COCCNCc1cccn1CCC1CCCCN1C. The van der Waals surface area contributed by atoms with Crippen molar-refractivity contribution in [2.75, 3.05) is 33.9 Å². The van der Waals surface area contributed by atoms with Crippen molar-refractivity contribution in [1.29, 1.82) is 0 Å². The molecule has 2 rings (SSSR count). The summed E-state index contributed by atoms with van der Waals surface area (Å²) in [6.45, 7) is 5.00. The lowest BCUT2D eigenvalue weighted by Crippen LogP contribution is -2.36. The summed E-state index contributed by atoms with van der Waals surface area (Å²) in [7, 11) is 4.01. The first-order valence-electron chi connectivity index (χ1n) is 7.85. The van der Waals surface area contributed by atoms with Gasteiger partial charge in [0.15, 0.2) is 0 Å². The molecule has 1 N–H and O–H groups in total. The predicted molar refractivity (Wildman–Crippen MR) is 82.9 cm³/mol. The summed E-state index contributed by atoms with van der Waals surface area (Å²) < 4.78 is 7.45. The molecule has 1 aromatic heterocycles. The van der Waals surface area contributed by atoms with Crippen LogP contribution in [0, 0.1) is 0 Å². The third kappa shape index (κ3) is 4.62. The molecule has 1 atom stereocenters. The Morgan fingerprint density at radius 3 is 3.10 bits per heavy atom. The van der Waals surface area contributed by atoms with Crippen LogP contribution in [0.3, 0.4) is 0 Å². The van der Waals surface area contributed by atoms with E-state index in [0.717, 1.165) is 32.3 Å². The molecule has 1 unspecified atom stereocenters. The van der Waals surface area contributed by atoms with Gasteiger partial charge in [-0.15, -0.1) is 0 Å². The summed E-state index contributed by atoms with van der Waals surface area (Å²) in [5.74, 6) is 0. The van der Waals surface area contributed by atoms with E-state index >= 15 is 0 Å². The van der Waals surface area contributed by atoms with Crippen LogP contribution in [0.25, 0.3) is 0 Å². The molecular formula is C16H29N3O. The summed E-state index contributed by atoms with van der Waals surface area (Å²) in [5.41, 5.74) is 1.37. The van der Waals surface area contributed by atoms with Crippen LogP contribution >= 0.6 is 0 Å². The summed E-state index contributed by atoms with van der Waals surface area (Å²) in [5, 5.41) is 3.42. The topological polar surface area (TPSA) is 29.4 Å². The van der Waals surface area contributed by atoms with Gasteiger partial charge < -0.3 is 19.5 Å². The second-order valence-electron chi connectivity index (χ2n) is 5.78. The molecule has 0 spiro atoms. The molecule has 20 heavy (non-hydrogen) atoms. The highest BCUT2D eigenvalue weighted by molar-refractivity contribution is 5.07. The smallest absolute Gasteiger partial charge is 0.0587 e. The summed E-state index contributed by atoms with van der Waals surface area (Å²) >= 11 is 0. The standard InChI is InChI=1S/C16H29N3O/c1-18-10-4-3-6-15(18)8-12-19-11-5-7-16(19)14-17-9-13-20-2/h5,7,11,15,17H,3-4,6,8-10,12-14H2,1-2H3. The molecule has 4 nitrogen and oxygen atoms in total. The minimum Gasteiger partial charge on any atom is -0.383 e. The van der Waals surface area contributed by atoms with Crippen molar-refractivity contribution < 1.29 is 4.74 Å². The quantitative estimate of drug-likeness (QED) is 0.739. The first-order valence-corrected chi connectivity index (χ1v) is 7.85.